The van der Waals surface area contributed by atoms with Gasteiger partial charge in [-0.3, -0.25) is 0 Å². The molecule has 1 atom stereocenters. The maximum atomic E-state index is 6.09. The molecule has 100 valence electrons. The van der Waals surface area contributed by atoms with Gasteiger partial charge in [0.2, 0.25) is 0 Å². The number of hydrogen-bond donors (Lipinski definition) is 1. The molecule has 2 aromatic rings. The first-order valence-corrected chi connectivity index (χ1v) is 6.82. The van der Waals surface area contributed by atoms with E-state index in [1.807, 2.05) is 6.92 Å². The van der Waals surface area contributed by atoms with E-state index in [0.29, 0.717) is 5.15 Å². The SMILES string of the molecule is CCc1c(Cl)ncnc1NC(C)c1ccc(C)cc1. The van der Waals surface area contributed by atoms with Crippen LogP contribution in [0.15, 0.2) is 30.6 Å². The van der Waals surface area contributed by atoms with E-state index < -0.39 is 0 Å². The first-order chi connectivity index (χ1) is 9.11. The molecule has 0 spiro atoms. The molecule has 1 aromatic heterocycles. The molecule has 1 aromatic carbocycles. The topological polar surface area (TPSA) is 37.8 Å². The van der Waals surface area contributed by atoms with Crippen LogP contribution in [0, 0.1) is 6.92 Å². The van der Waals surface area contributed by atoms with Gasteiger partial charge in [-0.2, -0.15) is 0 Å². The predicted molar refractivity (Wildman–Crippen MR) is 79.6 cm³/mol. The molecule has 0 amide bonds. The van der Waals surface area contributed by atoms with Gasteiger partial charge in [0.05, 0.1) is 0 Å². The Hall–Kier alpha value is -1.61. The van der Waals surface area contributed by atoms with Crippen LogP contribution in [0.25, 0.3) is 0 Å². The number of rotatable bonds is 4. The molecule has 1 unspecified atom stereocenters. The van der Waals surface area contributed by atoms with Crippen LogP contribution in [0.4, 0.5) is 5.82 Å². The summed E-state index contributed by atoms with van der Waals surface area (Å²) in [4.78, 5) is 8.30. The van der Waals surface area contributed by atoms with E-state index in [4.69, 9.17) is 11.6 Å². The van der Waals surface area contributed by atoms with Crippen LogP contribution < -0.4 is 5.32 Å². The zero-order valence-corrected chi connectivity index (χ0v) is 12.2. The van der Waals surface area contributed by atoms with Gasteiger partial charge in [0.1, 0.15) is 17.3 Å². The Balaban J connectivity index is 2.21. The molecule has 1 N–H and O–H groups in total. The molecule has 1 heterocycles. The third-order valence-corrected chi connectivity index (χ3v) is 3.50. The first-order valence-electron chi connectivity index (χ1n) is 6.44. The standard InChI is InChI=1S/C15H18ClN3/c1-4-13-14(16)17-9-18-15(13)19-11(3)12-7-5-10(2)6-8-12/h5-9,11H,4H2,1-3H3,(H,17,18,19). The molecule has 0 aliphatic heterocycles. The zero-order valence-electron chi connectivity index (χ0n) is 11.4. The minimum Gasteiger partial charge on any atom is -0.363 e. The van der Waals surface area contributed by atoms with Crippen LogP contribution in [0.2, 0.25) is 5.15 Å². The van der Waals surface area contributed by atoms with Gasteiger partial charge in [-0.15, -0.1) is 0 Å². The third kappa shape index (κ3) is 3.24. The van der Waals surface area contributed by atoms with Crippen molar-refractivity contribution in [1.29, 1.82) is 0 Å². The van der Waals surface area contributed by atoms with Gasteiger partial charge in [-0.25, -0.2) is 9.97 Å². The number of nitrogens with zero attached hydrogens (tertiary/aromatic N) is 2. The Morgan fingerprint density at radius 1 is 1.21 bits per heavy atom. The summed E-state index contributed by atoms with van der Waals surface area (Å²) in [6.45, 7) is 6.24. The monoisotopic (exact) mass is 275 g/mol. The van der Waals surface area contributed by atoms with Crippen molar-refractivity contribution < 1.29 is 0 Å². The van der Waals surface area contributed by atoms with Gasteiger partial charge in [-0.1, -0.05) is 48.4 Å². The highest BCUT2D eigenvalue weighted by Crippen LogP contribution is 2.24. The number of hydrogen-bond acceptors (Lipinski definition) is 3. The van der Waals surface area contributed by atoms with E-state index in [-0.39, 0.29) is 6.04 Å². The molecule has 2 rings (SSSR count). The Morgan fingerprint density at radius 3 is 2.53 bits per heavy atom. The van der Waals surface area contributed by atoms with Gasteiger partial charge < -0.3 is 5.32 Å². The molecule has 3 nitrogen and oxygen atoms in total. The van der Waals surface area contributed by atoms with Crippen LogP contribution >= 0.6 is 11.6 Å². The number of anilines is 1. The van der Waals surface area contributed by atoms with Crippen LogP contribution in [-0.4, -0.2) is 9.97 Å². The molecule has 19 heavy (non-hydrogen) atoms. The highest BCUT2D eigenvalue weighted by atomic mass is 35.5. The number of halogens is 1. The molecule has 0 aliphatic rings. The van der Waals surface area contributed by atoms with Crippen molar-refractivity contribution in [3.63, 3.8) is 0 Å². The second-order valence-corrected chi connectivity index (χ2v) is 4.98. The minimum absolute atomic E-state index is 0.178. The molecule has 0 saturated carbocycles. The normalized spacial score (nSPS) is 12.2. The van der Waals surface area contributed by atoms with Gasteiger partial charge in [-0.05, 0) is 25.8 Å². The van der Waals surface area contributed by atoms with Gasteiger partial charge >= 0.3 is 0 Å². The van der Waals surface area contributed by atoms with E-state index >= 15 is 0 Å². The Bertz CT molecular complexity index is 552. The van der Waals surface area contributed by atoms with E-state index in [2.05, 4.69) is 53.4 Å². The average Bonchev–Trinajstić information content (AvgIpc) is 2.39. The summed E-state index contributed by atoms with van der Waals surface area (Å²) in [5.74, 6) is 0.815. The van der Waals surface area contributed by atoms with Gasteiger partial charge in [0.15, 0.2) is 0 Å². The van der Waals surface area contributed by atoms with Crippen molar-refractivity contribution in [2.75, 3.05) is 5.32 Å². The smallest absolute Gasteiger partial charge is 0.137 e. The summed E-state index contributed by atoms with van der Waals surface area (Å²) >= 11 is 6.09. The number of benzene rings is 1. The highest BCUT2D eigenvalue weighted by Gasteiger charge is 2.11. The fraction of sp³-hybridized carbons (Fsp3) is 0.333. The van der Waals surface area contributed by atoms with Gasteiger partial charge in [0, 0.05) is 11.6 Å². The summed E-state index contributed by atoms with van der Waals surface area (Å²) in [5.41, 5.74) is 3.45. The van der Waals surface area contributed by atoms with E-state index in [1.54, 1.807) is 0 Å². The molecule has 0 radical (unpaired) electrons. The number of aryl methyl sites for hydroxylation is 1. The molecule has 0 saturated heterocycles. The lowest BCUT2D eigenvalue weighted by Gasteiger charge is -2.17. The van der Waals surface area contributed by atoms with Crippen LogP contribution in [0.3, 0.4) is 0 Å². The molecular weight excluding hydrogens is 258 g/mol. The van der Waals surface area contributed by atoms with Crippen molar-refractivity contribution in [2.45, 2.75) is 33.2 Å². The number of nitrogens with one attached hydrogen (secondary N) is 1. The predicted octanol–water partition coefficient (Wildman–Crippen LogP) is 4.17. The summed E-state index contributed by atoms with van der Waals surface area (Å²) in [5, 5.41) is 3.93. The van der Waals surface area contributed by atoms with E-state index in [9.17, 15) is 0 Å². The van der Waals surface area contributed by atoms with Gasteiger partial charge in [0.25, 0.3) is 0 Å². The van der Waals surface area contributed by atoms with Crippen molar-refractivity contribution in [3.8, 4) is 0 Å². The van der Waals surface area contributed by atoms with E-state index in [0.717, 1.165) is 17.8 Å². The van der Waals surface area contributed by atoms with Crippen LogP contribution in [0.1, 0.15) is 36.6 Å². The lowest BCUT2D eigenvalue weighted by molar-refractivity contribution is 0.862. The molecule has 0 aliphatic carbocycles. The quantitative estimate of drug-likeness (QED) is 0.851. The molecule has 0 bridgehead atoms. The number of aromatic nitrogens is 2. The van der Waals surface area contributed by atoms with Crippen molar-refractivity contribution in [1.82, 2.24) is 9.97 Å². The molecular formula is C15H18ClN3. The summed E-state index contributed by atoms with van der Waals surface area (Å²) < 4.78 is 0. The molecule has 4 heteroatoms. The average molecular weight is 276 g/mol. The summed E-state index contributed by atoms with van der Waals surface area (Å²) in [6, 6.07) is 8.66. The lowest BCUT2D eigenvalue weighted by Crippen LogP contribution is -2.10. The summed E-state index contributed by atoms with van der Waals surface area (Å²) in [6.07, 6.45) is 2.30. The van der Waals surface area contributed by atoms with Crippen molar-refractivity contribution >= 4 is 17.4 Å². The van der Waals surface area contributed by atoms with Crippen molar-refractivity contribution in [2.24, 2.45) is 0 Å². The second-order valence-electron chi connectivity index (χ2n) is 4.62. The Labute approximate surface area is 119 Å². The van der Waals surface area contributed by atoms with Crippen molar-refractivity contribution in [3.05, 3.63) is 52.4 Å². The summed E-state index contributed by atoms with van der Waals surface area (Å²) in [7, 11) is 0. The van der Waals surface area contributed by atoms with Crippen LogP contribution in [0.5, 0.6) is 0 Å². The maximum Gasteiger partial charge on any atom is 0.137 e. The Kier molecular flexibility index (Phi) is 4.38. The Morgan fingerprint density at radius 2 is 1.89 bits per heavy atom. The second kappa shape index (κ2) is 6.02. The zero-order chi connectivity index (χ0) is 13.8. The van der Waals surface area contributed by atoms with Crippen LogP contribution in [-0.2, 0) is 6.42 Å². The fourth-order valence-corrected chi connectivity index (χ4v) is 2.24. The lowest BCUT2D eigenvalue weighted by atomic mass is 10.1. The fourth-order valence-electron chi connectivity index (χ4n) is 1.97. The maximum absolute atomic E-state index is 6.09. The largest absolute Gasteiger partial charge is 0.363 e. The third-order valence-electron chi connectivity index (χ3n) is 3.18. The highest BCUT2D eigenvalue weighted by molar-refractivity contribution is 6.30. The molecule has 0 fully saturated rings. The minimum atomic E-state index is 0.178. The first kappa shape index (κ1) is 13.8. The van der Waals surface area contributed by atoms with E-state index in [1.165, 1.54) is 17.5 Å².